The van der Waals surface area contributed by atoms with E-state index in [0.717, 1.165) is 35.6 Å². The van der Waals surface area contributed by atoms with Gasteiger partial charge >= 0.3 is 0 Å². The van der Waals surface area contributed by atoms with Gasteiger partial charge in [-0.3, -0.25) is 9.67 Å². The predicted octanol–water partition coefficient (Wildman–Crippen LogP) is 5.41. The number of methoxy groups -OCH3 is 1. The van der Waals surface area contributed by atoms with Crippen molar-refractivity contribution in [3.8, 4) is 28.1 Å². The second-order valence-corrected chi connectivity index (χ2v) is 9.52. The van der Waals surface area contributed by atoms with Crippen molar-refractivity contribution in [3.63, 3.8) is 0 Å². The van der Waals surface area contributed by atoms with E-state index < -0.39 is 0 Å². The highest BCUT2D eigenvalue weighted by molar-refractivity contribution is 5.85. The molecule has 0 amide bonds. The molecule has 2 N–H and O–H groups in total. The zero-order valence-corrected chi connectivity index (χ0v) is 22.7. The Hall–Kier alpha value is -5.03. The fraction of sp³-hybridized carbons (Fsp3) is 0.200. The summed E-state index contributed by atoms with van der Waals surface area (Å²) in [4.78, 5) is 15.4. The van der Waals surface area contributed by atoms with E-state index in [2.05, 4.69) is 41.7 Å². The number of hydrogen-bond donors (Lipinski definition) is 2. The lowest BCUT2D eigenvalue weighted by Crippen LogP contribution is -2.36. The van der Waals surface area contributed by atoms with E-state index in [1.165, 1.54) is 12.4 Å². The molecule has 0 saturated carbocycles. The molecule has 0 radical (unpaired) electrons. The Labute approximate surface area is 236 Å². The number of hydrogen-bond acceptors (Lipinski definition) is 9. The number of ether oxygens (including phenoxy) is 2. The molecule has 11 heteroatoms. The zero-order valence-electron chi connectivity index (χ0n) is 22.7. The third-order valence-corrected chi connectivity index (χ3v) is 6.80. The molecule has 41 heavy (non-hydrogen) atoms. The van der Waals surface area contributed by atoms with Crippen molar-refractivity contribution >= 4 is 28.7 Å². The molecule has 0 spiro atoms. The standard InChI is InChI=1S/C30H29FN8O2/c1-38-18-20(17-35-38)23-14-26(28(40-2)15-27(23)39-9-11-41-12-10-39)37-30-16-29(33-19-34-30)36-21-7-8-32-25(13-21)22-5-3-4-6-24(22)31/h3-8,13-19H,9-12H2,1-2H3,(H2,32,33,34,36,37). The molecule has 1 aliphatic rings. The lowest BCUT2D eigenvalue weighted by Gasteiger charge is -2.31. The van der Waals surface area contributed by atoms with Gasteiger partial charge in [0.2, 0.25) is 0 Å². The van der Waals surface area contributed by atoms with Crippen LogP contribution in [-0.2, 0) is 11.8 Å². The van der Waals surface area contributed by atoms with Gasteiger partial charge in [-0.15, -0.1) is 0 Å². The highest BCUT2D eigenvalue weighted by Crippen LogP contribution is 2.40. The number of morpholine rings is 1. The highest BCUT2D eigenvalue weighted by atomic mass is 19.1. The van der Waals surface area contributed by atoms with Crippen LogP contribution in [0, 0.1) is 5.82 Å². The molecule has 2 aromatic carbocycles. The van der Waals surface area contributed by atoms with Crippen molar-refractivity contribution < 1.29 is 13.9 Å². The molecule has 0 aliphatic carbocycles. The third-order valence-electron chi connectivity index (χ3n) is 6.80. The van der Waals surface area contributed by atoms with Crippen LogP contribution >= 0.6 is 0 Å². The van der Waals surface area contributed by atoms with Crippen LogP contribution in [0.2, 0.25) is 0 Å². The van der Waals surface area contributed by atoms with Gasteiger partial charge in [0, 0.05) is 72.7 Å². The maximum absolute atomic E-state index is 14.3. The van der Waals surface area contributed by atoms with Gasteiger partial charge in [0.15, 0.2) is 0 Å². The van der Waals surface area contributed by atoms with Gasteiger partial charge in [-0.05, 0) is 30.3 Å². The normalized spacial score (nSPS) is 13.2. The SMILES string of the molecule is COc1cc(N2CCOCC2)c(-c2cnn(C)c2)cc1Nc1cc(Nc2ccnc(-c3ccccc3F)c2)ncn1. The molecule has 3 aromatic heterocycles. The van der Waals surface area contributed by atoms with Gasteiger partial charge in [0.1, 0.15) is 29.5 Å². The number of aromatic nitrogens is 5. The Morgan fingerprint density at radius 1 is 0.927 bits per heavy atom. The second kappa shape index (κ2) is 11.6. The Balaban J connectivity index is 1.29. The average Bonchev–Trinajstić information content (AvgIpc) is 3.44. The number of halogens is 1. The molecule has 6 rings (SSSR count). The second-order valence-electron chi connectivity index (χ2n) is 9.52. The Morgan fingerprint density at radius 2 is 1.73 bits per heavy atom. The molecule has 208 valence electrons. The molecule has 0 bridgehead atoms. The molecular formula is C30H29FN8O2. The first kappa shape index (κ1) is 26.2. The average molecular weight is 553 g/mol. The van der Waals surface area contributed by atoms with E-state index in [1.54, 1.807) is 54.4 Å². The van der Waals surface area contributed by atoms with Crippen LogP contribution in [0.3, 0.4) is 0 Å². The quantitative estimate of drug-likeness (QED) is 0.262. The first-order chi connectivity index (χ1) is 20.1. The van der Waals surface area contributed by atoms with E-state index in [-0.39, 0.29) is 5.82 Å². The number of nitrogens with one attached hydrogen (secondary N) is 2. The van der Waals surface area contributed by atoms with E-state index >= 15 is 0 Å². The molecule has 1 saturated heterocycles. The van der Waals surface area contributed by atoms with Crippen LogP contribution < -0.4 is 20.3 Å². The first-order valence-corrected chi connectivity index (χ1v) is 13.2. The Bertz CT molecular complexity index is 1670. The van der Waals surface area contributed by atoms with Crippen LogP contribution in [0.4, 0.5) is 33.1 Å². The van der Waals surface area contributed by atoms with E-state index in [4.69, 9.17) is 9.47 Å². The summed E-state index contributed by atoms with van der Waals surface area (Å²) in [6.07, 6.45) is 6.95. The van der Waals surface area contributed by atoms with Crippen LogP contribution in [0.1, 0.15) is 0 Å². The summed E-state index contributed by atoms with van der Waals surface area (Å²) >= 11 is 0. The van der Waals surface area contributed by atoms with Crippen molar-refractivity contribution in [2.24, 2.45) is 7.05 Å². The fourth-order valence-electron chi connectivity index (χ4n) is 4.80. The topological polar surface area (TPSA) is 102 Å². The van der Waals surface area contributed by atoms with Crippen molar-refractivity contribution in [3.05, 3.63) is 85.3 Å². The van der Waals surface area contributed by atoms with Crippen LogP contribution in [0.25, 0.3) is 22.4 Å². The Kier molecular flexibility index (Phi) is 7.42. The van der Waals surface area contributed by atoms with Crippen molar-refractivity contribution in [1.29, 1.82) is 0 Å². The van der Waals surface area contributed by atoms with Gasteiger partial charge < -0.3 is 25.0 Å². The molecule has 1 fully saturated rings. The van der Waals surface area contributed by atoms with Gasteiger partial charge in [0.25, 0.3) is 0 Å². The summed E-state index contributed by atoms with van der Waals surface area (Å²) in [7, 11) is 3.55. The number of anilines is 5. The lowest BCUT2D eigenvalue weighted by atomic mass is 10.0. The molecule has 0 atom stereocenters. The number of benzene rings is 2. The number of nitrogens with zero attached hydrogens (tertiary/aromatic N) is 6. The molecule has 0 unspecified atom stereocenters. The summed E-state index contributed by atoms with van der Waals surface area (Å²) in [6.45, 7) is 2.92. The van der Waals surface area contributed by atoms with Gasteiger partial charge in [-0.2, -0.15) is 5.10 Å². The predicted molar refractivity (Wildman–Crippen MR) is 156 cm³/mol. The van der Waals surface area contributed by atoms with Crippen molar-refractivity contribution in [2.45, 2.75) is 0 Å². The zero-order chi connectivity index (χ0) is 28.2. The highest BCUT2D eigenvalue weighted by Gasteiger charge is 2.20. The van der Waals surface area contributed by atoms with Gasteiger partial charge in [0.05, 0.1) is 37.9 Å². The van der Waals surface area contributed by atoms with Crippen molar-refractivity contribution in [2.75, 3.05) is 48.9 Å². The minimum absolute atomic E-state index is 0.329. The smallest absolute Gasteiger partial charge is 0.144 e. The molecular weight excluding hydrogens is 523 g/mol. The van der Waals surface area contributed by atoms with Gasteiger partial charge in [-0.25, -0.2) is 14.4 Å². The first-order valence-electron chi connectivity index (χ1n) is 13.2. The molecule has 4 heterocycles. The largest absolute Gasteiger partial charge is 0.494 e. The number of rotatable bonds is 8. The lowest BCUT2D eigenvalue weighted by molar-refractivity contribution is 0.122. The van der Waals surface area contributed by atoms with E-state index in [1.807, 2.05) is 25.5 Å². The number of pyridine rings is 1. The summed E-state index contributed by atoms with van der Waals surface area (Å²) in [5.74, 6) is 1.48. The maximum atomic E-state index is 14.3. The third kappa shape index (κ3) is 5.80. The number of aryl methyl sites for hydroxylation is 1. The minimum atomic E-state index is -0.329. The Morgan fingerprint density at radius 3 is 2.49 bits per heavy atom. The van der Waals surface area contributed by atoms with E-state index in [0.29, 0.717) is 47.5 Å². The molecule has 1 aliphatic heterocycles. The van der Waals surface area contributed by atoms with E-state index in [9.17, 15) is 4.39 Å². The fourth-order valence-corrected chi connectivity index (χ4v) is 4.80. The summed E-state index contributed by atoms with van der Waals surface area (Å²) in [5.41, 5.74) is 5.48. The minimum Gasteiger partial charge on any atom is -0.494 e. The van der Waals surface area contributed by atoms with Gasteiger partial charge in [-0.1, -0.05) is 12.1 Å². The van der Waals surface area contributed by atoms with Crippen LogP contribution in [0.15, 0.2) is 79.5 Å². The monoisotopic (exact) mass is 552 g/mol. The summed E-state index contributed by atoms with van der Waals surface area (Å²) in [5, 5.41) is 11.0. The molecule has 5 aromatic rings. The summed E-state index contributed by atoms with van der Waals surface area (Å²) < 4.78 is 27.5. The van der Waals surface area contributed by atoms with Crippen LogP contribution in [0.5, 0.6) is 5.75 Å². The van der Waals surface area contributed by atoms with Crippen molar-refractivity contribution in [1.82, 2.24) is 24.7 Å². The summed E-state index contributed by atoms with van der Waals surface area (Å²) in [6, 6.07) is 16.0. The van der Waals surface area contributed by atoms with Crippen LogP contribution in [-0.4, -0.2) is 58.1 Å². The maximum Gasteiger partial charge on any atom is 0.144 e. The molecule has 10 nitrogen and oxygen atoms in total.